The SMILES string of the molecule is Cc1cc(C(C)C2CCC(CCCc3ccc(F)cc3)C(=O)C2)sc1C(=O)NCc1cccn1C. The third-order valence-electron chi connectivity index (χ3n) is 7.52. The number of amides is 1. The van der Waals surface area contributed by atoms with Crippen molar-refractivity contribution in [2.24, 2.45) is 18.9 Å². The van der Waals surface area contributed by atoms with Gasteiger partial charge in [0.15, 0.2) is 0 Å². The van der Waals surface area contributed by atoms with Crippen LogP contribution in [0.4, 0.5) is 4.39 Å². The van der Waals surface area contributed by atoms with Crippen LogP contribution in [-0.2, 0) is 24.8 Å². The molecule has 0 saturated heterocycles. The third-order valence-corrected chi connectivity index (χ3v) is 8.95. The molecule has 1 saturated carbocycles. The fourth-order valence-corrected chi connectivity index (χ4v) is 6.39. The molecule has 1 fully saturated rings. The van der Waals surface area contributed by atoms with Crippen molar-refractivity contribution in [3.05, 3.63) is 81.1 Å². The summed E-state index contributed by atoms with van der Waals surface area (Å²) in [4.78, 5) is 27.7. The van der Waals surface area contributed by atoms with Crippen LogP contribution < -0.4 is 5.32 Å². The number of benzene rings is 1. The second-order valence-electron chi connectivity index (χ2n) is 9.97. The number of carbonyl (C=O) groups is 2. The van der Waals surface area contributed by atoms with Crippen molar-refractivity contribution < 1.29 is 14.0 Å². The van der Waals surface area contributed by atoms with Crippen LogP contribution in [0.2, 0.25) is 0 Å². The minimum atomic E-state index is -0.211. The molecule has 2 aromatic heterocycles. The lowest BCUT2D eigenvalue weighted by Crippen LogP contribution is -2.27. The molecule has 186 valence electrons. The van der Waals surface area contributed by atoms with Gasteiger partial charge in [0.1, 0.15) is 11.6 Å². The zero-order valence-corrected chi connectivity index (χ0v) is 21.7. The molecule has 6 heteroatoms. The summed E-state index contributed by atoms with van der Waals surface area (Å²) in [6.07, 6.45) is 7.31. The van der Waals surface area contributed by atoms with E-state index in [4.69, 9.17) is 0 Å². The van der Waals surface area contributed by atoms with Crippen LogP contribution >= 0.6 is 11.3 Å². The maximum atomic E-state index is 13.1. The van der Waals surface area contributed by atoms with Crippen LogP contribution in [0.25, 0.3) is 0 Å². The first kappa shape index (κ1) is 25.4. The van der Waals surface area contributed by atoms with Crippen molar-refractivity contribution in [3.63, 3.8) is 0 Å². The minimum Gasteiger partial charge on any atom is -0.353 e. The Morgan fingerprint density at radius 1 is 1.23 bits per heavy atom. The quantitative estimate of drug-likeness (QED) is 0.365. The van der Waals surface area contributed by atoms with Gasteiger partial charge in [-0.25, -0.2) is 4.39 Å². The maximum Gasteiger partial charge on any atom is 0.261 e. The summed E-state index contributed by atoms with van der Waals surface area (Å²) in [5, 5.41) is 3.04. The number of nitrogens with one attached hydrogen (secondary N) is 1. The lowest BCUT2D eigenvalue weighted by molar-refractivity contribution is -0.126. The van der Waals surface area contributed by atoms with Gasteiger partial charge in [0.05, 0.1) is 11.4 Å². The Morgan fingerprint density at radius 3 is 2.69 bits per heavy atom. The molecule has 3 aromatic rings. The highest BCUT2D eigenvalue weighted by molar-refractivity contribution is 7.14. The predicted octanol–water partition coefficient (Wildman–Crippen LogP) is 6.58. The van der Waals surface area contributed by atoms with E-state index in [2.05, 4.69) is 18.3 Å². The first-order chi connectivity index (χ1) is 16.8. The minimum absolute atomic E-state index is 0.0342. The number of nitrogens with zero attached hydrogens (tertiary/aromatic N) is 1. The van der Waals surface area contributed by atoms with Gasteiger partial charge in [-0.3, -0.25) is 9.59 Å². The third kappa shape index (κ3) is 6.29. The molecule has 4 rings (SSSR count). The van der Waals surface area contributed by atoms with E-state index in [1.807, 2.05) is 49.0 Å². The maximum absolute atomic E-state index is 13.1. The van der Waals surface area contributed by atoms with Gasteiger partial charge in [-0.15, -0.1) is 11.3 Å². The number of aromatic nitrogens is 1. The Hall–Kier alpha value is -2.73. The van der Waals surface area contributed by atoms with Gasteiger partial charge in [-0.05, 0) is 92.3 Å². The number of thiophene rings is 1. The molecular formula is C29H35FN2O2S. The smallest absolute Gasteiger partial charge is 0.261 e. The van der Waals surface area contributed by atoms with E-state index < -0.39 is 0 Å². The molecule has 0 spiro atoms. The van der Waals surface area contributed by atoms with Crippen LogP contribution in [0.1, 0.15) is 76.3 Å². The largest absolute Gasteiger partial charge is 0.353 e. The lowest BCUT2D eigenvalue weighted by atomic mass is 9.74. The molecule has 1 N–H and O–H groups in total. The van der Waals surface area contributed by atoms with Crippen molar-refractivity contribution in [2.45, 2.75) is 64.8 Å². The Morgan fingerprint density at radius 2 is 2.00 bits per heavy atom. The average Bonchev–Trinajstić information content (AvgIpc) is 3.44. The molecule has 0 aliphatic heterocycles. The fraction of sp³-hybridized carbons (Fsp3) is 0.448. The van der Waals surface area contributed by atoms with Gasteiger partial charge in [0.25, 0.3) is 5.91 Å². The average molecular weight is 495 g/mol. The van der Waals surface area contributed by atoms with Gasteiger partial charge in [-0.2, -0.15) is 0 Å². The van der Waals surface area contributed by atoms with Gasteiger partial charge in [-0.1, -0.05) is 19.1 Å². The van der Waals surface area contributed by atoms with Crippen molar-refractivity contribution >= 4 is 23.0 Å². The normalized spacial score (nSPS) is 19.0. The standard InChI is InChI=1S/C29H35FN2O2S/c1-19-16-27(35-28(19)29(34)31-18-25-8-5-15-32(25)3)20(2)23-12-11-22(26(33)17-23)7-4-6-21-9-13-24(30)14-10-21/h5,8-10,13-16,20,22-23H,4,6-7,11-12,17-18H2,1-3H3,(H,31,34). The first-order valence-electron chi connectivity index (χ1n) is 12.6. The topological polar surface area (TPSA) is 51.1 Å². The van der Waals surface area contributed by atoms with Crippen molar-refractivity contribution in [3.8, 4) is 0 Å². The van der Waals surface area contributed by atoms with E-state index in [1.165, 1.54) is 17.0 Å². The zero-order valence-electron chi connectivity index (χ0n) is 20.9. The number of ketones is 1. The van der Waals surface area contributed by atoms with Crippen molar-refractivity contribution in [1.29, 1.82) is 0 Å². The van der Waals surface area contributed by atoms with Crippen LogP contribution in [0.5, 0.6) is 0 Å². The fourth-order valence-electron chi connectivity index (χ4n) is 5.16. The monoisotopic (exact) mass is 494 g/mol. The highest BCUT2D eigenvalue weighted by Crippen LogP contribution is 2.40. The molecule has 2 heterocycles. The number of aryl methyl sites for hydroxylation is 3. The highest BCUT2D eigenvalue weighted by atomic mass is 32.1. The molecule has 1 aliphatic carbocycles. The Balaban J connectivity index is 1.28. The molecule has 1 amide bonds. The molecule has 0 bridgehead atoms. The summed E-state index contributed by atoms with van der Waals surface area (Å²) in [6, 6.07) is 12.8. The van der Waals surface area contributed by atoms with Crippen LogP contribution in [0.15, 0.2) is 48.7 Å². The predicted molar refractivity (Wildman–Crippen MR) is 139 cm³/mol. The van der Waals surface area contributed by atoms with Crippen LogP contribution in [0, 0.1) is 24.6 Å². The van der Waals surface area contributed by atoms with E-state index in [-0.39, 0.29) is 23.6 Å². The Labute approximate surface area is 211 Å². The van der Waals surface area contributed by atoms with Gasteiger partial charge >= 0.3 is 0 Å². The van der Waals surface area contributed by atoms with E-state index >= 15 is 0 Å². The molecule has 0 radical (unpaired) electrons. The Kier molecular flexibility index (Phi) is 8.22. The number of carbonyl (C=O) groups excluding carboxylic acids is 2. The zero-order chi connectivity index (χ0) is 24.9. The van der Waals surface area contributed by atoms with Gasteiger partial charge < -0.3 is 9.88 Å². The number of halogens is 1. The molecule has 1 aromatic carbocycles. The van der Waals surface area contributed by atoms with Crippen molar-refractivity contribution in [1.82, 2.24) is 9.88 Å². The van der Waals surface area contributed by atoms with E-state index in [1.54, 1.807) is 11.3 Å². The second kappa shape index (κ2) is 11.3. The molecule has 3 atom stereocenters. The number of hydrogen-bond donors (Lipinski definition) is 1. The van der Waals surface area contributed by atoms with E-state index in [0.29, 0.717) is 24.7 Å². The van der Waals surface area contributed by atoms with Crippen LogP contribution in [-0.4, -0.2) is 16.3 Å². The summed E-state index contributed by atoms with van der Waals surface area (Å²) >= 11 is 1.57. The summed E-state index contributed by atoms with van der Waals surface area (Å²) in [5.74, 6) is 0.861. The van der Waals surface area contributed by atoms with E-state index in [0.717, 1.165) is 53.8 Å². The van der Waals surface area contributed by atoms with Gasteiger partial charge in [0.2, 0.25) is 0 Å². The summed E-state index contributed by atoms with van der Waals surface area (Å²) in [7, 11) is 1.97. The summed E-state index contributed by atoms with van der Waals surface area (Å²) in [5.41, 5.74) is 3.19. The molecule has 35 heavy (non-hydrogen) atoms. The second-order valence-corrected chi connectivity index (χ2v) is 11.0. The molecule has 4 nitrogen and oxygen atoms in total. The van der Waals surface area contributed by atoms with Crippen molar-refractivity contribution in [2.75, 3.05) is 0 Å². The summed E-state index contributed by atoms with van der Waals surface area (Å²) in [6.45, 7) is 4.70. The molecule has 1 aliphatic rings. The number of Topliss-reactive ketones (excluding diaryl/α,β-unsaturated/α-hetero) is 1. The summed E-state index contributed by atoms with van der Waals surface area (Å²) < 4.78 is 15.1. The van der Waals surface area contributed by atoms with Gasteiger partial charge in [0, 0.05) is 36.2 Å². The van der Waals surface area contributed by atoms with E-state index in [9.17, 15) is 14.0 Å². The van der Waals surface area contributed by atoms with Crippen LogP contribution in [0.3, 0.4) is 0 Å². The number of rotatable bonds is 9. The highest BCUT2D eigenvalue weighted by Gasteiger charge is 2.32. The number of hydrogen-bond acceptors (Lipinski definition) is 3. The molecular weight excluding hydrogens is 459 g/mol. The first-order valence-corrected chi connectivity index (χ1v) is 13.4. The molecule has 3 unspecified atom stereocenters. The lowest BCUT2D eigenvalue weighted by Gasteiger charge is -2.31. The Bertz CT molecular complexity index is 1160.